The maximum absolute atomic E-state index is 5.18. The van der Waals surface area contributed by atoms with Crippen LogP contribution in [0, 0.1) is 10.8 Å². The topological polar surface area (TPSA) is 39.9 Å². The van der Waals surface area contributed by atoms with E-state index in [1.807, 2.05) is 0 Å². The molecule has 0 bridgehead atoms. The van der Waals surface area contributed by atoms with E-state index in [-0.39, 0.29) is 10.8 Å². The molecule has 0 amide bonds. The zero-order valence-corrected chi connectivity index (χ0v) is 13.4. The average molecular weight is 316 g/mol. The highest BCUT2D eigenvalue weighted by Gasteiger charge is 2.67. The number of hydrogen-bond acceptors (Lipinski definition) is 3. The monoisotopic (exact) mass is 315 g/mol. The fourth-order valence-corrected chi connectivity index (χ4v) is 3.34. The van der Waals surface area contributed by atoms with Crippen molar-refractivity contribution in [2.75, 3.05) is 13.7 Å². The minimum Gasteiger partial charge on any atom is -0.383 e. The van der Waals surface area contributed by atoms with Gasteiger partial charge in [0.05, 0.1) is 11.9 Å². The van der Waals surface area contributed by atoms with Gasteiger partial charge in [-0.3, -0.25) is 0 Å². The molecule has 1 aliphatic carbocycles. The van der Waals surface area contributed by atoms with Crippen LogP contribution in [0.4, 0.5) is 0 Å². The van der Waals surface area contributed by atoms with Crippen molar-refractivity contribution in [1.82, 2.24) is 14.8 Å². The van der Waals surface area contributed by atoms with Gasteiger partial charge in [-0.2, -0.15) is 0 Å². The van der Waals surface area contributed by atoms with Crippen LogP contribution in [0.3, 0.4) is 0 Å². The first-order chi connectivity index (χ1) is 8.37. The predicted octanol–water partition coefficient (Wildman–Crippen LogP) is 2.97. The summed E-state index contributed by atoms with van der Waals surface area (Å²) in [4.78, 5) is 0. The second-order valence-electron chi connectivity index (χ2n) is 6.13. The Bertz CT molecular complexity index is 425. The number of ether oxygens (including phenoxy) is 1. The Morgan fingerprint density at radius 2 is 1.83 bits per heavy atom. The lowest BCUT2D eigenvalue weighted by molar-refractivity contribution is 0.185. The number of rotatable bonds is 5. The van der Waals surface area contributed by atoms with E-state index in [4.69, 9.17) is 4.74 Å². The zero-order valence-electron chi connectivity index (χ0n) is 11.8. The Kier molecular flexibility index (Phi) is 3.58. The highest BCUT2D eigenvalue weighted by Crippen LogP contribution is 2.73. The summed E-state index contributed by atoms with van der Waals surface area (Å²) in [6, 6.07) is 0. The maximum Gasteiger partial charge on any atom is 0.143 e. The van der Waals surface area contributed by atoms with Crippen LogP contribution >= 0.6 is 15.9 Å². The van der Waals surface area contributed by atoms with Gasteiger partial charge in [-0.15, -0.1) is 10.2 Å². The number of nitrogens with zero attached hydrogens (tertiary/aromatic N) is 3. The molecular weight excluding hydrogens is 294 g/mol. The molecule has 4 nitrogen and oxygen atoms in total. The van der Waals surface area contributed by atoms with Crippen LogP contribution in [0.25, 0.3) is 0 Å². The number of hydrogen-bond donors (Lipinski definition) is 0. The first-order valence-electron chi connectivity index (χ1n) is 6.34. The van der Waals surface area contributed by atoms with E-state index in [9.17, 15) is 0 Å². The van der Waals surface area contributed by atoms with Gasteiger partial charge in [-0.1, -0.05) is 43.6 Å². The Balaban J connectivity index is 2.32. The fourth-order valence-electron chi connectivity index (χ4n) is 2.93. The standard InChI is InChI=1S/C13H22BrN3O/c1-12(2)10(13(12,3)4)11-16-15-9(8-14)17(11)6-7-18-5/h10H,6-8H2,1-5H3. The van der Waals surface area contributed by atoms with Gasteiger partial charge in [0, 0.05) is 19.6 Å². The van der Waals surface area contributed by atoms with E-state index in [1.54, 1.807) is 7.11 Å². The van der Waals surface area contributed by atoms with E-state index >= 15 is 0 Å². The molecule has 0 spiro atoms. The summed E-state index contributed by atoms with van der Waals surface area (Å²) in [5.74, 6) is 2.57. The number of halogens is 1. The fraction of sp³-hybridized carbons (Fsp3) is 0.846. The van der Waals surface area contributed by atoms with E-state index < -0.39 is 0 Å². The van der Waals surface area contributed by atoms with Gasteiger partial charge in [0.1, 0.15) is 11.6 Å². The van der Waals surface area contributed by atoms with Gasteiger partial charge in [0.25, 0.3) is 0 Å². The summed E-state index contributed by atoms with van der Waals surface area (Å²) in [6.07, 6.45) is 0. The summed E-state index contributed by atoms with van der Waals surface area (Å²) in [5.41, 5.74) is 0.572. The summed E-state index contributed by atoms with van der Waals surface area (Å²) < 4.78 is 7.39. The normalized spacial score (nSPS) is 21.2. The Morgan fingerprint density at radius 1 is 1.22 bits per heavy atom. The van der Waals surface area contributed by atoms with Gasteiger partial charge in [0.2, 0.25) is 0 Å². The molecule has 1 heterocycles. The molecule has 0 unspecified atom stereocenters. The van der Waals surface area contributed by atoms with Crippen molar-refractivity contribution < 1.29 is 4.74 Å². The summed E-state index contributed by atoms with van der Waals surface area (Å²) in [5, 5.41) is 9.44. The van der Waals surface area contributed by atoms with Crippen LogP contribution in [-0.2, 0) is 16.6 Å². The molecule has 0 atom stereocenters. The lowest BCUT2D eigenvalue weighted by Crippen LogP contribution is -2.12. The Labute approximate surface area is 117 Å². The first kappa shape index (κ1) is 14.0. The zero-order chi connectivity index (χ0) is 13.6. The Hall–Kier alpha value is -0.420. The molecule has 1 aromatic rings. The second-order valence-corrected chi connectivity index (χ2v) is 6.69. The van der Waals surface area contributed by atoms with E-state index in [1.165, 1.54) is 0 Å². The second kappa shape index (κ2) is 4.60. The van der Waals surface area contributed by atoms with Crippen LogP contribution in [-0.4, -0.2) is 28.5 Å². The van der Waals surface area contributed by atoms with Crippen molar-refractivity contribution in [2.24, 2.45) is 10.8 Å². The van der Waals surface area contributed by atoms with Gasteiger partial charge in [-0.05, 0) is 10.8 Å². The van der Waals surface area contributed by atoms with Crippen molar-refractivity contribution >= 4 is 15.9 Å². The van der Waals surface area contributed by atoms with Crippen LogP contribution in [0.1, 0.15) is 45.3 Å². The van der Waals surface area contributed by atoms with Gasteiger partial charge in [0.15, 0.2) is 0 Å². The number of methoxy groups -OCH3 is 1. The van der Waals surface area contributed by atoms with Crippen LogP contribution in [0.2, 0.25) is 0 Å². The predicted molar refractivity (Wildman–Crippen MR) is 74.8 cm³/mol. The van der Waals surface area contributed by atoms with Crippen molar-refractivity contribution in [3.8, 4) is 0 Å². The molecule has 1 saturated carbocycles. The largest absolute Gasteiger partial charge is 0.383 e. The van der Waals surface area contributed by atoms with E-state index in [0.717, 1.165) is 23.5 Å². The lowest BCUT2D eigenvalue weighted by atomic mass is 10.0. The molecular formula is C13H22BrN3O. The van der Waals surface area contributed by atoms with Crippen molar-refractivity contribution in [1.29, 1.82) is 0 Å². The summed E-state index contributed by atoms with van der Waals surface area (Å²) >= 11 is 3.48. The summed E-state index contributed by atoms with van der Waals surface area (Å²) in [7, 11) is 1.73. The smallest absolute Gasteiger partial charge is 0.143 e. The minimum atomic E-state index is 0.286. The SMILES string of the molecule is COCCn1c(CBr)nnc1C1C(C)(C)C1(C)C. The van der Waals surface area contributed by atoms with Crippen molar-refractivity contribution in [3.63, 3.8) is 0 Å². The quantitative estimate of drug-likeness (QED) is 0.784. The minimum absolute atomic E-state index is 0.286. The summed E-state index contributed by atoms with van der Waals surface area (Å²) in [6.45, 7) is 10.7. The highest BCUT2D eigenvalue weighted by molar-refractivity contribution is 9.08. The molecule has 18 heavy (non-hydrogen) atoms. The third kappa shape index (κ3) is 1.92. The van der Waals surface area contributed by atoms with Gasteiger partial charge >= 0.3 is 0 Å². The van der Waals surface area contributed by atoms with Crippen LogP contribution in [0.5, 0.6) is 0 Å². The van der Waals surface area contributed by atoms with Gasteiger partial charge < -0.3 is 9.30 Å². The molecule has 0 N–H and O–H groups in total. The average Bonchev–Trinajstić information content (AvgIpc) is 2.64. The van der Waals surface area contributed by atoms with E-state index in [2.05, 4.69) is 58.4 Å². The van der Waals surface area contributed by atoms with Gasteiger partial charge in [-0.25, -0.2) is 0 Å². The molecule has 1 fully saturated rings. The molecule has 2 rings (SSSR count). The molecule has 102 valence electrons. The molecule has 0 aliphatic heterocycles. The first-order valence-corrected chi connectivity index (χ1v) is 7.47. The Morgan fingerprint density at radius 3 is 2.28 bits per heavy atom. The maximum atomic E-state index is 5.18. The van der Waals surface area contributed by atoms with Crippen molar-refractivity contribution in [2.45, 2.75) is 45.5 Å². The third-order valence-electron chi connectivity index (χ3n) is 4.77. The van der Waals surface area contributed by atoms with Crippen molar-refractivity contribution in [3.05, 3.63) is 11.6 Å². The van der Waals surface area contributed by atoms with Crippen LogP contribution < -0.4 is 0 Å². The molecule has 0 aromatic carbocycles. The molecule has 0 radical (unpaired) electrons. The third-order valence-corrected chi connectivity index (χ3v) is 5.28. The molecule has 1 aliphatic rings. The lowest BCUT2D eigenvalue weighted by Gasteiger charge is -2.09. The van der Waals surface area contributed by atoms with Crippen LogP contribution in [0.15, 0.2) is 0 Å². The molecule has 0 saturated heterocycles. The molecule has 5 heteroatoms. The van der Waals surface area contributed by atoms with E-state index in [0.29, 0.717) is 12.5 Å². The highest BCUT2D eigenvalue weighted by atomic mass is 79.9. The number of aromatic nitrogens is 3. The molecule has 1 aromatic heterocycles. The number of alkyl halides is 1.